The summed E-state index contributed by atoms with van der Waals surface area (Å²) in [6.45, 7) is 12.5. The maximum atomic E-state index is 10.7. The zero-order valence-electron chi connectivity index (χ0n) is 16.8. The molecule has 2 rings (SSSR count). The van der Waals surface area contributed by atoms with E-state index in [4.69, 9.17) is 4.74 Å². The summed E-state index contributed by atoms with van der Waals surface area (Å²) in [6, 6.07) is 0.463. The summed E-state index contributed by atoms with van der Waals surface area (Å²) < 4.78 is 5.48. The first-order valence-electron chi connectivity index (χ1n) is 10.1. The van der Waals surface area contributed by atoms with E-state index in [2.05, 4.69) is 41.3 Å². The third-order valence-electron chi connectivity index (χ3n) is 5.42. The van der Waals surface area contributed by atoms with Crippen LogP contribution in [0.5, 0.6) is 0 Å². The minimum Gasteiger partial charge on any atom is -0.388 e. The minimum absolute atomic E-state index is 0. The van der Waals surface area contributed by atoms with Gasteiger partial charge < -0.3 is 20.5 Å². The Labute approximate surface area is 176 Å². The number of halogens is 1. The van der Waals surface area contributed by atoms with Gasteiger partial charge in [0.2, 0.25) is 0 Å². The largest absolute Gasteiger partial charge is 0.388 e. The van der Waals surface area contributed by atoms with Crippen LogP contribution < -0.4 is 10.6 Å². The van der Waals surface area contributed by atoms with Crippen LogP contribution in [-0.4, -0.2) is 73.5 Å². The second-order valence-corrected chi connectivity index (χ2v) is 7.82. The number of morpholine rings is 1. The van der Waals surface area contributed by atoms with Crippen molar-refractivity contribution in [2.45, 2.75) is 64.5 Å². The lowest BCUT2D eigenvalue weighted by Crippen LogP contribution is -2.52. The monoisotopic (exact) mass is 482 g/mol. The Bertz CT molecular complexity index is 408. The predicted molar refractivity (Wildman–Crippen MR) is 118 cm³/mol. The molecule has 26 heavy (non-hydrogen) atoms. The molecule has 2 aliphatic rings. The average Bonchev–Trinajstić information content (AvgIpc) is 2.61. The fourth-order valence-electron chi connectivity index (χ4n) is 3.83. The third-order valence-corrected chi connectivity index (χ3v) is 5.42. The van der Waals surface area contributed by atoms with Gasteiger partial charge in [0.15, 0.2) is 5.96 Å². The topological polar surface area (TPSA) is 69.1 Å². The van der Waals surface area contributed by atoms with Gasteiger partial charge in [-0.05, 0) is 25.7 Å². The van der Waals surface area contributed by atoms with Crippen LogP contribution >= 0.6 is 24.0 Å². The second kappa shape index (κ2) is 12.4. The molecule has 0 aromatic carbocycles. The van der Waals surface area contributed by atoms with Crippen LogP contribution in [0.25, 0.3) is 0 Å². The van der Waals surface area contributed by atoms with E-state index in [1.165, 1.54) is 6.42 Å². The van der Waals surface area contributed by atoms with Gasteiger partial charge in [-0.25, -0.2) is 0 Å². The molecule has 1 saturated carbocycles. The fraction of sp³-hybridized carbons (Fsp3) is 0.947. The highest BCUT2D eigenvalue weighted by molar-refractivity contribution is 14.0. The highest BCUT2D eigenvalue weighted by Crippen LogP contribution is 2.28. The zero-order chi connectivity index (χ0) is 18.1. The standard InChI is InChI=1S/C19H38N4O2.HI/c1-4-20-18(22-15-19(24)8-6-5-7-9-19)21-14-17(16(2)3)23-10-12-25-13-11-23;/h16-17,24H,4-15H2,1-3H3,(H2,20,21,22);1H. The number of ether oxygens (including phenoxy) is 1. The van der Waals surface area contributed by atoms with E-state index in [1.807, 2.05) is 0 Å². The molecule has 0 aromatic rings. The molecule has 1 heterocycles. The smallest absolute Gasteiger partial charge is 0.191 e. The van der Waals surface area contributed by atoms with Gasteiger partial charge in [-0.2, -0.15) is 0 Å². The van der Waals surface area contributed by atoms with Gasteiger partial charge in [-0.15, -0.1) is 24.0 Å². The van der Waals surface area contributed by atoms with Gasteiger partial charge in [-0.3, -0.25) is 9.89 Å². The van der Waals surface area contributed by atoms with Crippen LogP contribution in [0, 0.1) is 5.92 Å². The summed E-state index contributed by atoms with van der Waals surface area (Å²) in [5.74, 6) is 1.39. The fourth-order valence-corrected chi connectivity index (χ4v) is 3.83. The SMILES string of the molecule is CCNC(=NCC1(O)CCCCC1)NCC(C(C)C)N1CCOCC1.I. The Balaban J connectivity index is 0.00000338. The van der Waals surface area contributed by atoms with Crippen molar-refractivity contribution in [1.29, 1.82) is 0 Å². The highest BCUT2D eigenvalue weighted by Gasteiger charge is 2.29. The number of guanidine groups is 1. The summed E-state index contributed by atoms with van der Waals surface area (Å²) in [4.78, 5) is 7.20. The molecule has 1 atom stereocenters. The molecular formula is C19H39IN4O2. The lowest BCUT2D eigenvalue weighted by atomic mass is 9.85. The van der Waals surface area contributed by atoms with E-state index in [0.717, 1.165) is 71.0 Å². The molecule has 2 fully saturated rings. The number of hydrogen-bond acceptors (Lipinski definition) is 4. The van der Waals surface area contributed by atoms with E-state index < -0.39 is 5.60 Å². The van der Waals surface area contributed by atoms with E-state index in [9.17, 15) is 5.11 Å². The van der Waals surface area contributed by atoms with E-state index >= 15 is 0 Å². The summed E-state index contributed by atoms with van der Waals surface area (Å²) in [5.41, 5.74) is -0.609. The van der Waals surface area contributed by atoms with E-state index in [0.29, 0.717) is 18.5 Å². The first-order chi connectivity index (χ1) is 12.0. The van der Waals surface area contributed by atoms with Crippen molar-refractivity contribution < 1.29 is 9.84 Å². The maximum Gasteiger partial charge on any atom is 0.191 e. The molecule has 0 radical (unpaired) electrons. The van der Waals surface area contributed by atoms with E-state index in [-0.39, 0.29) is 24.0 Å². The van der Waals surface area contributed by atoms with Crippen molar-refractivity contribution in [3.8, 4) is 0 Å². The van der Waals surface area contributed by atoms with Crippen LogP contribution in [0.2, 0.25) is 0 Å². The number of aliphatic imine (C=N–C) groups is 1. The molecule has 1 aliphatic heterocycles. The molecule has 6 nitrogen and oxygen atoms in total. The van der Waals surface area contributed by atoms with Crippen molar-refractivity contribution in [3.63, 3.8) is 0 Å². The van der Waals surface area contributed by atoms with Crippen molar-refractivity contribution >= 4 is 29.9 Å². The first-order valence-corrected chi connectivity index (χ1v) is 10.1. The molecule has 1 saturated heterocycles. The van der Waals surface area contributed by atoms with Gasteiger partial charge in [-0.1, -0.05) is 33.1 Å². The van der Waals surface area contributed by atoms with Crippen molar-refractivity contribution in [2.75, 3.05) is 45.9 Å². The molecule has 0 spiro atoms. The maximum absolute atomic E-state index is 10.7. The van der Waals surface area contributed by atoms with Crippen molar-refractivity contribution in [2.24, 2.45) is 10.9 Å². The molecule has 0 amide bonds. The van der Waals surface area contributed by atoms with Crippen molar-refractivity contribution in [3.05, 3.63) is 0 Å². The van der Waals surface area contributed by atoms with Gasteiger partial charge in [0.25, 0.3) is 0 Å². The first kappa shape index (κ1) is 23.9. The van der Waals surface area contributed by atoms with E-state index in [1.54, 1.807) is 0 Å². The Morgan fingerprint density at radius 2 is 1.81 bits per heavy atom. The Morgan fingerprint density at radius 3 is 2.38 bits per heavy atom. The van der Waals surface area contributed by atoms with Crippen LogP contribution in [0.1, 0.15) is 52.9 Å². The van der Waals surface area contributed by atoms with Gasteiger partial charge >= 0.3 is 0 Å². The molecule has 3 N–H and O–H groups in total. The lowest BCUT2D eigenvalue weighted by Gasteiger charge is -2.37. The van der Waals surface area contributed by atoms with Crippen LogP contribution in [-0.2, 0) is 4.74 Å². The normalized spacial score (nSPS) is 22.6. The van der Waals surface area contributed by atoms with Crippen LogP contribution in [0.3, 0.4) is 0 Å². The second-order valence-electron chi connectivity index (χ2n) is 7.82. The summed E-state index contributed by atoms with van der Waals surface area (Å²) in [5, 5.41) is 17.5. The molecule has 154 valence electrons. The number of rotatable bonds is 7. The van der Waals surface area contributed by atoms with Gasteiger partial charge in [0.1, 0.15) is 0 Å². The molecule has 0 aromatic heterocycles. The Kier molecular flexibility index (Phi) is 11.4. The predicted octanol–water partition coefficient (Wildman–Crippen LogP) is 2.21. The summed E-state index contributed by atoms with van der Waals surface area (Å²) >= 11 is 0. The number of hydrogen-bond donors (Lipinski definition) is 3. The average molecular weight is 482 g/mol. The molecule has 1 aliphatic carbocycles. The number of aliphatic hydroxyl groups is 1. The van der Waals surface area contributed by atoms with Crippen LogP contribution in [0.15, 0.2) is 4.99 Å². The summed E-state index contributed by atoms with van der Waals surface area (Å²) in [6.07, 6.45) is 5.21. The lowest BCUT2D eigenvalue weighted by molar-refractivity contribution is 0.00730. The van der Waals surface area contributed by atoms with Gasteiger partial charge in [0.05, 0.1) is 25.4 Å². The highest BCUT2D eigenvalue weighted by atomic mass is 127. The van der Waals surface area contributed by atoms with Gasteiger partial charge in [0, 0.05) is 32.2 Å². The Hall–Kier alpha value is -0.120. The summed E-state index contributed by atoms with van der Waals surface area (Å²) in [7, 11) is 0. The minimum atomic E-state index is -0.609. The molecule has 0 bridgehead atoms. The third kappa shape index (κ3) is 7.86. The Morgan fingerprint density at radius 1 is 1.15 bits per heavy atom. The quantitative estimate of drug-likeness (QED) is 0.295. The van der Waals surface area contributed by atoms with Crippen LogP contribution in [0.4, 0.5) is 0 Å². The zero-order valence-corrected chi connectivity index (χ0v) is 19.1. The molecule has 1 unspecified atom stereocenters. The number of nitrogens with one attached hydrogen (secondary N) is 2. The molecular weight excluding hydrogens is 443 g/mol. The number of nitrogens with zero attached hydrogens (tertiary/aromatic N) is 2. The van der Waals surface area contributed by atoms with Crippen molar-refractivity contribution in [1.82, 2.24) is 15.5 Å². The molecule has 7 heteroatoms.